The summed E-state index contributed by atoms with van der Waals surface area (Å²) in [6.07, 6.45) is 0.0269. The molecule has 0 aromatic carbocycles. The molecule has 0 unspecified atom stereocenters. The van der Waals surface area contributed by atoms with Gasteiger partial charge in [-0.1, -0.05) is 0 Å². The van der Waals surface area contributed by atoms with Gasteiger partial charge in [0.2, 0.25) is 5.79 Å². The Morgan fingerprint density at radius 2 is 2.05 bits per heavy atom. The number of carbonyl (C=O) groups excluding carboxylic acids is 2. The molecule has 1 saturated carbocycles. The van der Waals surface area contributed by atoms with Gasteiger partial charge in [0.25, 0.3) is 0 Å². The fraction of sp³-hybridized carbons (Fsp3) is 0.733. The molecular weight excluding hydrogens is 292 g/mol. The Balaban J connectivity index is 1.65. The molecule has 22 heavy (non-hydrogen) atoms. The molecule has 5 rings (SSSR count). The molecule has 2 bridgehead atoms. The molecule has 0 amide bonds. The molecule has 0 aromatic rings. The van der Waals surface area contributed by atoms with Gasteiger partial charge in [0.05, 0.1) is 17.3 Å². The van der Waals surface area contributed by atoms with Crippen LogP contribution in [0.2, 0.25) is 0 Å². The molecule has 4 aliphatic heterocycles. The quantitative estimate of drug-likeness (QED) is 0.495. The number of carbonyl (C=O) groups is 2. The first-order valence-corrected chi connectivity index (χ1v) is 7.53. The highest BCUT2D eigenvalue weighted by Gasteiger charge is 2.77. The number of hydrogen-bond acceptors (Lipinski definition) is 7. The second kappa shape index (κ2) is 3.39. The lowest BCUT2D eigenvalue weighted by Gasteiger charge is -2.29. The van der Waals surface area contributed by atoms with E-state index in [1.807, 2.05) is 6.92 Å². The standard InChI is InChI=1S/C15H16O7/c1-6-8-9-10-14(21-10,12(17)19-9)4-3-7-13(2,20-7)5-15(8,18)22-11(6)16/h7,9-10,18H,3-5H2,1-2H3/t7-,9+,10+,13+,14+,15-/m0/s1. The van der Waals surface area contributed by atoms with Crippen LogP contribution in [0.1, 0.15) is 33.1 Å². The van der Waals surface area contributed by atoms with Crippen LogP contribution in [-0.4, -0.2) is 52.3 Å². The number of esters is 2. The van der Waals surface area contributed by atoms with Crippen molar-refractivity contribution in [3.05, 3.63) is 11.1 Å². The lowest BCUT2D eigenvalue weighted by atomic mass is 9.83. The van der Waals surface area contributed by atoms with Crippen LogP contribution in [-0.2, 0) is 28.5 Å². The largest absolute Gasteiger partial charge is 0.452 e. The molecule has 3 saturated heterocycles. The van der Waals surface area contributed by atoms with Crippen LogP contribution in [0.4, 0.5) is 0 Å². The molecule has 4 heterocycles. The normalized spacial score (nSPS) is 55.0. The van der Waals surface area contributed by atoms with Gasteiger partial charge in [-0.3, -0.25) is 0 Å². The first-order chi connectivity index (χ1) is 10.3. The van der Waals surface area contributed by atoms with E-state index in [0.29, 0.717) is 18.4 Å². The maximum atomic E-state index is 12.2. The van der Waals surface area contributed by atoms with Crippen molar-refractivity contribution in [2.45, 2.75) is 68.4 Å². The van der Waals surface area contributed by atoms with Crippen LogP contribution < -0.4 is 0 Å². The van der Waals surface area contributed by atoms with Gasteiger partial charge in [-0.25, -0.2) is 9.59 Å². The highest BCUT2D eigenvalue weighted by Crippen LogP contribution is 2.59. The minimum Gasteiger partial charge on any atom is -0.452 e. The Bertz CT molecular complexity index is 669. The van der Waals surface area contributed by atoms with Crippen molar-refractivity contribution in [3.8, 4) is 0 Å². The molecule has 1 N–H and O–H groups in total. The number of epoxide rings is 2. The Morgan fingerprint density at radius 1 is 1.27 bits per heavy atom. The van der Waals surface area contributed by atoms with E-state index < -0.39 is 41.1 Å². The van der Waals surface area contributed by atoms with Crippen LogP contribution in [0.5, 0.6) is 0 Å². The average molecular weight is 308 g/mol. The van der Waals surface area contributed by atoms with E-state index in [-0.39, 0.29) is 18.1 Å². The van der Waals surface area contributed by atoms with Gasteiger partial charge in [-0.15, -0.1) is 0 Å². The van der Waals surface area contributed by atoms with Gasteiger partial charge in [-0.2, -0.15) is 0 Å². The third-order valence-corrected chi connectivity index (χ3v) is 5.68. The number of fused-ring (bicyclic) bond motifs is 3. The second-order valence-corrected chi connectivity index (χ2v) is 7.10. The van der Waals surface area contributed by atoms with Crippen molar-refractivity contribution >= 4 is 11.9 Å². The molecule has 6 atom stereocenters. The van der Waals surface area contributed by atoms with Gasteiger partial charge in [0.1, 0.15) is 6.10 Å². The summed E-state index contributed by atoms with van der Waals surface area (Å²) < 4.78 is 22.0. The van der Waals surface area contributed by atoms with Crippen LogP contribution in [0.25, 0.3) is 0 Å². The number of ether oxygens (including phenoxy) is 4. The molecule has 7 heteroatoms. The van der Waals surface area contributed by atoms with E-state index in [1.165, 1.54) is 0 Å². The average Bonchev–Trinajstić information content (AvgIpc) is 3.25. The maximum absolute atomic E-state index is 12.2. The highest BCUT2D eigenvalue weighted by atomic mass is 16.7. The third-order valence-electron chi connectivity index (χ3n) is 5.68. The van der Waals surface area contributed by atoms with Crippen LogP contribution in [0.3, 0.4) is 0 Å². The minimum atomic E-state index is -1.80. The fourth-order valence-corrected chi connectivity index (χ4v) is 4.34. The van der Waals surface area contributed by atoms with E-state index in [9.17, 15) is 14.7 Å². The molecular formula is C15H16O7. The van der Waals surface area contributed by atoms with Crippen molar-refractivity contribution in [2.24, 2.45) is 0 Å². The first-order valence-electron chi connectivity index (χ1n) is 7.53. The van der Waals surface area contributed by atoms with Crippen LogP contribution in [0, 0.1) is 0 Å². The summed E-state index contributed by atoms with van der Waals surface area (Å²) in [6, 6.07) is 0. The van der Waals surface area contributed by atoms with E-state index >= 15 is 0 Å². The smallest absolute Gasteiger partial charge is 0.342 e. The van der Waals surface area contributed by atoms with E-state index in [1.54, 1.807) is 6.92 Å². The van der Waals surface area contributed by atoms with Gasteiger partial charge in [0, 0.05) is 12.0 Å². The van der Waals surface area contributed by atoms with Gasteiger partial charge < -0.3 is 24.1 Å². The number of hydrogen-bond donors (Lipinski definition) is 1. The molecule has 4 fully saturated rings. The lowest BCUT2D eigenvalue weighted by molar-refractivity contribution is -0.192. The third kappa shape index (κ3) is 1.33. The van der Waals surface area contributed by atoms with Crippen LogP contribution >= 0.6 is 0 Å². The molecule has 118 valence electrons. The Labute approximate surface area is 126 Å². The predicted molar refractivity (Wildman–Crippen MR) is 68.4 cm³/mol. The van der Waals surface area contributed by atoms with Crippen LogP contribution in [0.15, 0.2) is 11.1 Å². The number of aliphatic hydroxyl groups is 1. The van der Waals surface area contributed by atoms with Crippen molar-refractivity contribution in [1.82, 2.24) is 0 Å². The predicted octanol–water partition coefficient (Wildman–Crippen LogP) is -0.0473. The highest BCUT2D eigenvalue weighted by molar-refractivity contribution is 5.94. The summed E-state index contributed by atoms with van der Waals surface area (Å²) in [5.41, 5.74) is -0.902. The number of rotatable bonds is 0. The minimum absolute atomic E-state index is 0.0819. The summed E-state index contributed by atoms with van der Waals surface area (Å²) in [6.45, 7) is 3.45. The molecule has 7 nitrogen and oxygen atoms in total. The Hall–Kier alpha value is -1.44. The van der Waals surface area contributed by atoms with E-state index in [4.69, 9.17) is 18.9 Å². The Morgan fingerprint density at radius 3 is 2.77 bits per heavy atom. The SMILES string of the molecule is CC1=C2[C@H]3OC(=O)[C@]4(CC[C@@H]5O[C@]5(C)C[C@]2(O)OC1=O)O[C@H]34. The zero-order chi connectivity index (χ0) is 15.5. The van der Waals surface area contributed by atoms with Crippen molar-refractivity contribution in [2.75, 3.05) is 0 Å². The zero-order valence-electron chi connectivity index (χ0n) is 12.3. The van der Waals surface area contributed by atoms with Crippen molar-refractivity contribution in [1.29, 1.82) is 0 Å². The molecule has 0 radical (unpaired) electrons. The second-order valence-electron chi connectivity index (χ2n) is 7.10. The zero-order valence-corrected chi connectivity index (χ0v) is 12.3. The molecule has 0 spiro atoms. The summed E-state index contributed by atoms with van der Waals surface area (Å²) in [7, 11) is 0. The summed E-state index contributed by atoms with van der Waals surface area (Å²) >= 11 is 0. The summed E-state index contributed by atoms with van der Waals surface area (Å²) in [5, 5.41) is 10.9. The van der Waals surface area contributed by atoms with Gasteiger partial charge >= 0.3 is 11.9 Å². The topological polar surface area (TPSA) is 97.9 Å². The van der Waals surface area contributed by atoms with Gasteiger partial charge in [-0.05, 0) is 26.7 Å². The first kappa shape index (κ1) is 13.0. The van der Waals surface area contributed by atoms with E-state index in [2.05, 4.69) is 0 Å². The molecule has 0 aromatic heterocycles. The molecule has 5 aliphatic rings. The fourth-order valence-electron chi connectivity index (χ4n) is 4.34. The summed E-state index contributed by atoms with van der Waals surface area (Å²) in [5.74, 6) is -2.81. The van der Waals surface area contributed by atoms with Gasteiger partial charge in [0.15, 0.2) is 11.7 Å². The van der Waals surface area contributed by atoms with Crippen molar-refractivity contribution < 1.29 is 33.6 Å². The Kier molecular flexibility index (Phi) is 2.01. The lowest BCUT2D eigenvalue weighted by Crippen LogP contribution is -2.42. The monoisotopic (exact) mass is 308 g/mol. The van der Waals surface area contributed by atoms with E-state index in [0.717, 1.165) is 0 Å². The van der Waals surface area contributed by atoms with Crippen molar-refractivity contribution in [3.63, 3.8) is 0 Å². The maximum Gasteiger partial charge on any atom is 0.342 e. The molecule has 1 aliphatic carbocycles. The summed E-state index contributed by atoms with van der Waals surface area (Å²) in [4.78, 5) is 24.2.